The normalized spacial score (nSPS) is 21.8. The fraction of sp³-hybridized carbons (Fsp3) is 0.733. The number of nitrogens with zero attached hydrogens (tertiary/aromatic N) is 2. The lowest BCUT2D eigenvalue weighted by atomic mass is 9.71. The van der Waals surface area contributed by atoms with Crippen molar-refractivity contribution < 1.29 is 9.90 Å². The maximum absolute atomic E-state index is 12.1. The van der Waals surface area contributed by atoms with Crippen LogP contribution in [0.5, 0.6) is 0 Å². The molecular weight excluding hydrogens is 268 g/mol. The fourth-order valence-electron chi connectivity index (χ4n) is 2.68. The number of aryl methyl sites for hydroxylation is 1. The Hall–Kier alpha value is -1.40. The predicted octanol–water partition coefficient (Wildman–Crippen LogP) is 0.867. The third-order valence-corrected chi connectivity index (χ3v) is 4.49. The Bertz CT molecular complexity index is 500. The van der Waals surface area contributed by atoms with E-state index in [1.165, 1.54) is 0 Å². The van der Waals surface area contributed by atoms with Crippen LogP contribution in [-0.2, 0) is 11.8 Å². The summed E-state index contributed by atoms with van der Waals surface area (Å²) in [6, 6.07) is -0.748. The summed E-state index contributed by atoms with van der Waals surface area (Å²) in [5.41, 5.74) is 6.05. The minimum Gasteiger partial charge on any atom is -0.388 e. The first kappa shape index (κ1) is 16.0. The monoisotopic (exact) mass is 294 g/mol. The molecule has 118 valence electrons. The van der Waals surface area contributed by atoms with Crippen LogP contribution < -0.4 is 11.1 Å². The van der Waals surface area contributed by atoms with Gasteiger partial charge in [0.2, 0.25) is 5.91 Å². The molecule has 1 amide bonds. The predicted molar refractivity (Wildman–Crippen MR) is 80.3 cm³/mol. The first-order chi connectivity index (χ1) is 9.71. The van der Waals surface area contributed by atoms with E-state index in [-0.39, 0.29) is 17.9 Å². The van der Waals surface area contributed by atoms with Crippen LogP contribution in [0.4, 0.5) is 0 Å². The third kappa shape index (κ3) is 4.04. The Kier molecular flexibility index (Phi) is 4.39. The summed E-state index contributed by atoms with van der Waals surface area (Å²) < 4.78 is 1.61. The SMILES string of the molecule is Cn1cc(C(N)C(=O)NCC2(O)CCC(C)(C)CC2)cn1. The lowest BCUT2D eigenvalue weighted by molar-refractivity contribution is -0.124. The van der Waals surface area contributed by atoms with Gasteiger partial charge in [0.1, 0.15) is 6.04 Å². The van der Waals surface area contributed by atoms with E-state index >= 15 is 0 Å². The summed E-state index contributed by atoms with van der Waals surface area (Å²) in [7, 11) is 1.78. The molecule has 0 radical (unpaired) electrons. The summed E-state index contributed by atoms with van der Waals surface area (Å²) in [4.78, 5) is 12.1. The van der Waals surface area contributed by atoms with E-state index in [9.17, 15) is 9.90 Å². The van der Waals surface area contributed by atoms with Gasteiger partial charge in [-0.15, -0.1) is 0 Å². The molecule has 6 nitrogen and oxygen atoms in total. The third-order valence-electron chi connectivity index (χ3n) is 4.49. The molecule has 21 heavy (non-hydrogen) atoms. The molecule has 1 aliphatic rings. The van der Waals surface area contributed by atoms with E-state index < -0.39 is 11.6 Å². The quantitative estimate of drug-likeness (QED) is 0.768. The standard InChI is InChI=1S/C15H26N4O2/c1-14(2)4-6-15(21,7-5-14)10-17-13(20)12(16)11-8-18-19(3)9-11/h8-9,12,21H,4-7,10,16H2,1-3H3,(H,17,20). The van der Waals surface area contributed by atoms with Gasteiger partial charge in [-0.3, -0.25) is 9.48 Å². The lowest BCUT2D eigenvalue weighted by Crippen LogP contribution is -2.48. The molecular formula is C15H26N4O2. The van der Waals surface area contributed by atoms with Crippen LogP contribution in [0.15, 0.2) is 12.4 Å². The van der Waals surface area contributed by atoms with Gasteiger partial charge in [0.25, 0.3) is 0 Å². The smallest absolute Gasteiger partial charge is 0.241 e. The van der Waals surface area contributed by atoms with Crippen molar-refractivity contribution in [1.82, 2.24) is 15.1 Å². The fourth-order valence-corrected chi connectivity index (χ4v) is 2.68. The average Bonchev–Trinajstić information content (AvgIpc) is 2.86. The summed E-state index contributed by atoms with van der Waals surface area (Å²) in [5, 5.41) is 17.3. The maximum atomic E-state index is 12.1. The molecule has 6 heteroatoms. The molecule has 0 saturated heterocycles. The molecule has 1 fully saturated rings. The van der Waals surface area contributed by atoms with Gasteiger partial charge < -0.3 is 16.2 Å². The van der Waals surface area contributed by atoms with Crippen LogP contribution in [0, 0.1) is 5.41 Å². The Morgan fingerprint density at radius 1 is 1.48 bits per heavy atom. The lowest BCUT2D eigenvalue weighted by Gasteiger charge is -2.40. The highest BCUT2D eigenvalue weighted by Gasteiger charge is 2.37. The van der Waals surface area contributed by atoms with Crippen LogP contribution in [0.2, 0.25) is 0 Å². The Labute approximate surface area is 125 Å². The van der Waals surface area contributed by atoms with Crippen LogP contribution in [-0.4, -0.2) is 32.9 Å². The van der Waals surface area contributed by atoms with Crippen LogP contribution in [0.25, 0.3) is 0 Å². The minimum atomic E-state index is -0.806. The number of nitrogens with two attached hydrogens (primary N) is 1. The molecule has 1 saturated carbocycles. The Balaban J connectivity index is 1.86. The second-order valence-electron chi connectivity index (χ2n) is 7.03. The number of carbonyl (C=O) groups excluding carboxylic acids is 1. The molecule has 0 aliphatic heterocycles. The number of hydrogen-bond acceptors (Lipinski definition) is 4. The van der Waals surface area contributed by atoms with Gasteiger partial charge in [0, 0.05) is 25.4 Å². The van der Waals surface area contributed by atoms with Gasteiger partial charge in [-0.25, -0.2) is 0 Å². The van der Waals surface area contributed by atoms with Crippen molar-refractivity contribution in [1.29, 1.82) is 0 Å². The summed E-state index contributed by atoms with van der Waals surface area (Å²) in [6.07, 6.45) is 6.66. The van der Waals surface area contributed by atoms with E-state index in [0.717, 1.165) is 12.8 Å². The molecule has 0 aromatic carbocycles. The number of carbonyl (C=O) groups is 1. The molecule has 4 N–H and O–H groups in total. The van der Waals surface area contributed by atoms with Crippen molar-refractivity contribution in [2.75, 3.05) is 6.54 Å². The zero-order chi connectivity index (χ0) is 15.7. The van der Waals surface area contributed by atoms with Gasteiger partial charge in [0.05, 0.1) is 11.8 Å². The molecule has 1 unspecified atom stereocenters. The number of aliphatic hydroxyl groups is 1. The van der Waals surface area contributed by atoms with Gasteiger partial charge >= 0.3 is 0 Å². The second-order valence-corrected chi connectivity index (χ2v) is 7.03. The maximum Gasteiger partial charge on any atom is 0.241 e. The largest absolute Gasteiger partial charge is 0.388 e. The van der Waals surface area contributed by atoms with E-state index in [2.05, 4.69) is 24.3 Å². The minimum absolute atomic E-state index is 0.260. The molecule has 2 rings (SSSR count). The molecule has 1 aromatic rings. The molecule has 0 bridgehead atoms. The highest BCUT2D eigenvalue weighted by Crippen LogP contribution is 2.39. The molecule has 1 heterocycles. The average molecular weight is 294 g/mol. The van der Waals surface area contributed by atoms with Gasteiger partial charge in [-0.2, -0.15) is 5.10 Å². The van der Waals surface area contributed by atoms with Crippen LogP contribution >= 0.6 is 0 Å². The van der Waals surface area contributed by atoms with E-state index in [1.54, 1.807) is 24.1 Å². The van der Waals surface area contributed by atoms with Crippen molar-refractivity contribution in [3.63, 3.8) is 0 Å². The zero-order valence-electron chi connectivity index (χ0n) is 13.1. The van der Waals surface area contributed by atoms with E-state index in [4.69, 9.17) is 5.73 Å². The van der Waals surface area contributed by atoms with Crippen molar-refractivity contribution in [3.05, 3.63) is 18.0 Å². The first-order valence-electron chi connectivity index (χ1n) is 7.45. The molecule has 1 aromatic heterocycles. The van der Waals surface area contributed by atoms with Crippen molar-refractivity contribution in [3.8, 4) is 0 Å². The highest BCUT2D eigenvalue weighted by atomic mass is 16.3. The Morgan fingerprint density at radius 2 is 2.10 bits per heavy atom. The van der Waals surface area contributed by atoms with Gasteiger partial charge in [-0.05, 0) is 31.1 Å². The second kappa shape index (κ2) is 5.77. The van der Waals surface area contributed by atoms with E-state index in [1.807, 2.05) is 0 Å². The number of amides is 1. The highest BCUT2D eigenvalue weighted by molar-refractivity contribution is 5.82. The topological polar surface area (TPSA) is 93.2 Å². The van der Waals surface area contributed by atoms with Crippen LogP contribution in [0.3, 0.4) is 0 Å². The first-order valence-corrected chi connectivity index (χ1v) is 7.45. The Morgan fingerprint density at radius 3 is 2.62 bits per heavy atom. The summed E-state index contributed by atoms with van der Waals surface area (Å²) in [6.45, 7) is 4.68. The number of hydrogen-bond donors (Lipinski definition) is 3. The van der Waals surface area contributed by atoms with Crippen molar-refractivity contribution in [2.45, 2.75) is 51.2 Å². The van der Waals surface area contributed by atoms with E-state index in [0.29, 0.717) is 18.4 Å². The van der Waals surface area contributed by atoms with Crippen LogP contribution in [0.1, 0.15) is 51.1 Å². The van der Waals surface area contributed by atoms with Gasteiger partial charge in [-0.1, -0.05) is 13.8 Å². The zero-order valence-corrected chi connectivity index (χ0v) is 13.1. The number of aromatic nitrogens is 2. The summed E-state index contributed by atoms with van der Waals surface area (Å²) in [5.74, 6) is -0.277. The van der Waals surface area contributed by atoms with Crippen molar-refractivity contribution >= 4 is 5.91 Å². The molecule has 1 aliphatic carbocycles. The number of rotatable bonds is 4. The van der Waals surface area contributed by atoms with Crippen molar-refractivity contribution in [2.24, 2.45) is 18.2 Å². The van der Waals surface area contributed by atoms with Gasteiger partial charge in [0.15, 0.2) is 0 Å². The molecule has 1 atom stereocenters. The number of nitrogens with one attached hydrogen (secondary N) is 1. The summed E-state index contributed by atoms with van der Waals surface area (Å²) >= 11 is 0. The molecule has 0 spiro atoms.